The third-order valence-electron chi connectivity index (χ3n) is 10.5. The van der Waals surface area contributed by atoms with Crippen molar-refractivity contribution in [1.82, 2.24) is 0 Å². The third-order valence-corrected chi connectivity index (χ3v) is 10.8. The molecule has 0 radical (unpaired) electrons. The first-order valence-corrected chi connectivity index (χ1v) is 15.5. The highest BCUT2D eigenvalue weighted by Gasteiger charge is 2.73. The van der Waals surface area contributed by atoms with Crippen LogP contribution in [0.4, 0.5) is 19.3 Å². The summed E-state index contributed by atoms with van der Waals surface area (Å²) in [5.74, 6) is -3.80. The number of Topliss-reactive ketones (excluding diaryl/α,β-unsaturated/α-hetero) is 1. The van der Waals surface area contributed by atoms with Crippen LogP contribution in [0.25, 0.3) is 0 Å². The van der Waals surface area contributed by atoms with E-state index in [1.165, 1.54) is 19.1 Å². The molecule has 0 aliphatic heterocycles. The van der Waals surface area contributed by atoms with E-state index in [9.17, 15) is 24.7 Å². The Morgan fingerprint density at radius 2 is 1.82 bits per heavy atom. The lowest BCUT2D eigenvalue weighted by Crippen LogP contribution is -2.68. The smallest absolute Gasteiger partial charge is 0.434 e. The van der Waals surface area contributed by atoms with Crippen molar-refractivity contribution in [1.29, 1.82) is 0 Å². The fourth-order valence-corrected chi connectivity index (χ4v) is 8.76. The zero-order valence-corrected chi connectivity index (χ0v) is 26.1. The van der Waals surface area contributed by atoms with E-state index < -0.39 is 76.8 Å². The lowest BCUT2D eigenvalue weighted by Gasteiger charge is -2.62. The first-order valence-electron chi connectivity index (χ1n) is 15.1. The van der Waals surface area contributed by atoms with Crippen LogP contribution in [0.2, 0.25) is 5.02 Å². The maximum absolute atomic E-state index is 17.6. The number of rotatable bonds is 8. The second-order valence-corrected chi connectivity index (χ2v) is 14.1. The standard InChI is InChI=1S/C33H40ClF2NO7/c1-18(2)16-43-30(41)44-17-27(39)29-19(15-37(42)21-7-5-20(34)6-8-21)11-23-24-13-26(35)25-12-22(38)9-10-32(25,4)33(24,36)28(40)14-31(23,29)3/h5-10,12,18-19,23-24,26,28-29,40,42H,11,13-17H2,1-4H3/t19-,23-,24-,26-,28-,29+,31-,32-,33-/m0/s1. The monoisotopic (exact) mass is 635 g/mol. The molecule has 5 rings (SSSR count). The van der Waals surface area contributed by atoms with Crippen LogP contribution in [-0.4, -0.2) is 65.7 Å². The average molecular weight is 636 g/mol. The molecule has 0 aromatic heterocycles. The number of hydrogen-bond acceptors (Lipinski definition) is 8. The third kappa shape index (κ3) is 5.36. The Bertz CT molecular complexity index is 1370. The van der Waals surface area contributed by atoms with Crippen LogP contribution in [0.1, 0.15) is 47.0 Å². The first kappa shape index (κ1) is 32.6. The molecule has 1 aromatic carbocycles. The number of aliphatic hydroxyl groups excluding tert-OH is 1. The van der Waals surface area contributed by atoms with Crippen LogP contribution >= 0.6 is 11.6 Å². The Kier molecular flexibility index (Phi) is 8.76. The number of fused-ring (bicyclic) bond motifs is 5. The summed E-state index contributed by atoms with van der Waals surface area (Å²) in [6.45, 7) is 6.52. The van der Waals surface area contributed by atoms with E-state index in [2.05, 4.69) is 0 Å². The summed E-state index contributed by atoms with van der Waals surface area (Å²) < 4.78 is 43.7. The van der Waals surface area contributed by atoms with Gasteiger partial charge in [0.1, 0.15) is 6.17 Å². The normalized spacial score (nSPS) is 37.5. The fourth-order valence-electron chi connectivity index (χ4n) is 8.63. The number of halogens is 3. The number of alkyl halides is 2. The molecular formula is C33H40ClF2NO7. The van der Waals surface area contributed by atoms with E-state index in [-0.39, 0.29) is 43.9 Å². The molecule has 3 fully saturated rings. The van der Waals surface area contributed by atoms with Crippen molar-refractivity contribution in [3.8, 4) is 0 Å². The molecule has 4 aliphatic rings. The molecule has 0 heterocycles. The average Bonchev–Trinajstić information content (AvgIpc) is 3.24. The Morgan fingerprint density at radius 3 is 2.48 bits per heavy atom. The quantitative estimate of drug-likeness (QED) is 0.261. The van der Waals surface area contributed by atoms with E-state index in [4.69, 9.17) is 21.1 Å². The topological polar surface area (TPSA) is 113 Å². The molecule has 1 aromatic rings. The van der Waals surface area contributed by atoms with Gasteiger partial charge in [-0.25, -0.2) is 13.6 Å². The Morgan fingerprint density at radius 1 is 1.14 bits per heavy atom. The van der Waals surface area contributed by atoms with Crippen LogP contribution in [0.5, 0.6) is 0 Å². The van der Waals surface area contributed by atoms with Crippen LogP contribution in [0.3, 0.4) is 0 Å². The maximum Gasteiger partial charge on any atom is 0.508 e. The Hall–Kier alpha value is -2.82. The fraction of sp³-hybridized carbons (Fsp3) is 0.606. The second-order valence-electron chi connectivity index (χ2n) is 13.7. The molecule has 9 atom stereocenters. The molecule has 0 bridgehead atoms. The minimum Gasteiger partial charge on any atom is -0.434 e. The number of ether oxygens (including phenoxy) is 2. The van der Waals surface area contributed by atoms with Crippen LogP contribution < -0.4 is 5.06 Å². The highest BCUT2D eigenvalue weighted by molar-refractivity contribution is 6.30. The van der Waals surface area contributed by atoms with Gasteiger partial charge in [-0.1, -0.05) is 38.4 Å². The van der Waals surface area contributed by atoms with Gasteiger partial charge in [-0.05, 0) is 91.3 Å². The number of hydroxylamine groups is 1. The zero-order valence-electron chi connectivity index (χ0n) is 25.3. The summed E-state index contributed by atoms with van der Waals surface area (Å²) in [7, 11) is 0. The molecule has 3 saturated carbocycles. The van der Waals surface area contributed by atoms with Crippen molar-refractivity contribution in [3.63, 3.8) is 0 Å². The Balaban J connectivity index is 1.49. The number of aliphatic hydroxyl groups is 1. The van der Waals surface area contributed by atoms with Crippen LogP contribution in [0.15, 0.2) is 48.1 Å². The van der Waals surface area contributed by atoms with Crippen molar-refractivity contribution in [2.75, 3.05) is 24.8 Å². The number of carbonyl (C=O) groups excluding carboxylic acids is 3. The number of carbonyl (C=O) groups is 3. The van der Waals surface area contributed by atoms with E-state index in [1.54, 1.807) is 31.2 Å². The molecule has 0 saturated heterocycles. The van der Waals surface area contributed by atoms with Crippen molar-refractivity contribution in [2.24, 2.45) is 40.4 Å². The number of anilines is 1. The van der Waals surface area contributed by atoms with Gasteiger partial charge < -0.3 is 14.6 Å². The molecule has 11 heteroatoms. The van der Waals surface area contributed by atoms with Gasteiger partial charge >= 0.3 is 6.16 Å². The summed E-state index contributed by atoms with van der Waals surface area (Å²) >= 11 is 6.01. The van der Waals surface area contributed by atoms with E-state index in [0.29, 0.717) is 10.7 Å². The van der Waals surface area contributed by atoms with Gasteiger partial charge in [0.25, 0.3) is 0 Å². The SMILES string of the molecule is CC(C)COC(=O)OCC(=O)[C@H]1[C@H](CN(O)c2ccc(Cl)cc2)C[C@H]2[C@@H]3C[C@H](F)C4=CC(=O)C=C[C@]4(C)[C@@]3(F)[C@@H](O)C[C@@]21C. The largest absolute Gasteiger partial charge is 0.508 e. The maximum atomic E-state index is 17.6. The Labute approximate surface area is 261 Å². The van der Waals surface area contributed by atoms with Crippen LogP contribution in [-0.2, 0) is 19.1 Å². The van der Waals surface area contributed by atoms with Gasteiger partial charge in [-0.2, -0.15) is 0 Å². The summed E-state index contributed by atoms with van der Waals surface area (Å²) in [4.78, 5) is 38.2. The van der Waals surface area contributed by atoms with Gasteiger partial charge in [0.2, 0.25) is 0 Å². The van der Waals surface area contributed by atoms with Gasteiger partial charge in [-0.3, -0.25) is 19.9 Å². The molecule has 8 nitrogen and oxygen atoms in total. The highest BCUT2D eigenvalue weighted by atomic mass is 35.5. The van der Waals surface area contributed by atoms with Gasteiger partial charge in [-0.15, -0.1) is 0 Å². The predicted octanol–water partition coefficient (Wildman–Crippen LogP) is 6.08. The van der Waals surface area contributed by atoms with Gasteiger partial charge in [0, 0.05) is 28.8 Å². The summed E-state index contributed by atoms with van der Waals surface area (Å²) in [6, 6.07) is 6.46. The molecule has 0 amide bonds. The minimum absolute atomic E-state index is 0.0196. The molecule has 240 valence electrons. The van der Waals surface area contributed by atoms with Gasteiger partial charge in [0.15, 0.2) is 23.8 Å². The number of hydrogen-bond donors (Lipinski definition) is 2. The van der Waals surface area contributed by atoms with Gasteiger partial charge in [0.05, 0.1) is 18.4 Å². The number of benzene rings is 1. The second kappa shape index (κ2) is 11.8. The van der Waals surface area contributed by atoms with E-state index in [0.717, 1.165) is 11.1 Å². The lowest BCUT2D eigenvalue weighted by molar-refractivity contribution is -0.202. The summed E-state index contributed by atoms with van der Waals surface area (Å²) in [6.07, 6.45) is -0.593. The van der Waals surface area contributed by atoms with Crippen molar-refractivity contribution >= 4 is 35.0 Å². The summed E-state index contributed by atoms with van der Waals surface area (Å²) in [5.41, 5.74) is -4.44. The first-order chi connectivity index (χ1) is 20.6. The summed E-state index contributed by atoms with van der Waals surface area (Å²) in [5, 5.41) is 24.1. The molecule has 0 spiro atoms. The molecule has 44 heavy (non-hydrogen) atoms. The van der Waals surface area contributed by atoms with Crippen molar-refractivity contribution < 1.29 is 43.0 Å². The van der Waals surface area contributed by atoms with Crippen molar-refractivity contribution in [2.45, 2.75) is 64.9 Å². The minimum atomic E-state index is -2.31. The lowest BCUT2D eigenvalue weighted by atomic mass is 9.45. The molecular weight excluding hydrogens is 596 g/mol. The van der Waals surface area contributed by atoms with E-state index in [1.807, 2.05) is 13.8 Å². The van der Waals surface area contributed by atoms with Crippen LogP contribution in [0, 0.1) is 40.4 Å². The number of ketones is 2. The van der Waals surface area contributed by atoms with E-state index >= 15 is 8.78 Å². The predicted molar refractivity (Wildman–Crippen MR) is 159 cm³/mol. The molecule has 0 unspecified atom stereocenters. The molecule has 4 aliphatic carbocycles. The molecule has 2 N–H and O–H groups in total. The van der Waals surface area contributed by atoms with Crippen molar-refractivity contribution in [3.05, 3.63) is 53.1 Å². The highest BCUT2D eigenvalue weighted by Crippen LogP contribution is 2.70. The number of nitrogens with zero attached hydrogens (tertiary/aromatic N) is 1. The number of allylic oxidation sites excluding steroid dienone is 4. The zero-order chi connectivity index (χ0) is 32.2.